The van der Waals surface area contributed by atoms with E-state index in [2.05, 4.69) is 20.3 Å². The molecule has 3 aromatic heterocycles. The van der Waals surface area contributed by atoms with Crippen LogP contribution >= 0.6 is 0 Å². The van der Waals surface area contributed by atoms with Crippen molar-refractivity contribution in [3.05, 3.63) is 77.9 Å². The van der Waals surface area contributed by atoms with Crippen LogP contribution in [0.5, 0.6) is 11.5 Å². The number of aryl methyl sites for hydroxylation is 1. The fourth-order valence-electron chi connectivity index (χ4n) is 4.45. The molecule has 1 saturated carbocycles. The zero-order valence-electron chi connectivity index (χ0n) is 22.9. The van der Waals surface area contributed by atoms with Crippen LogP contribution in [0.2, 0.25) is 0 Å². The van der Waals surface area contributed by atoms with Crippen molar-refractivity contribution in [3.8, 4) is 23.0 Å². The van der Waals surface area contributed by atoms with Gasteiger partial charge in [-0.25, -0.2) is 28.7 Å². The predicted octanol–water partition coefficient (Wildman–Crippen LogP) is 5.21. The van der Waals surface area contributed by atoms with Gasteiger partial charge in [0.05, 0.1) is 31.5 Å². The molecule has 1 fully saturated rings. The number of fused-ring (bicyclic) bond motifs is 1. The molecule has 0 atom stereocenters. The number of anilines is 2. The quantitative estimate of drug-likeness (QED) is 0.194. The molecule has 10 nitrogen and oxygen atoms in total. The molecule has 5 aromatic rings. The number of ether oxygens (including phenoxy) is 2. The summed E-state index contributed by atoms with van der Waals surface area (Å²) in [5.74, 6) is 1.30. The van der Waals surface area contributed by atoms with Crippen LogP contribution in [0.25, 0.3) is 22.4 Å². The summed E-state index contributed by atoms with van der Waals surface area (Å²) in [7, 11) is 0. The van der Waals surface area contributed by atoms with Crippen molar-refractivity contribution < 1.29 is 23.4 Å². The summed E-state index contributed by atoms with van der Waals surface area (Å²) in [6.45, 7) is 2.33. The van der Waals surface area contributed by atoms with Gasteiger partial charge in [0.2, 0.25) is 0 Å². The third-order valence-electron chi connectivity index (χ3n) is 6.81. The van der Waals surface area contributed by atoms with Crippen LogP contribution in [-0.4, -0.2) is 54.6 Å². The highest BCUT2D eigenvalue weighted by molar-refractivity contribution is 5.92. The van der Waals surface area contributed by atoms with E-state index < -0.39 is 11.6 Å². The van der Waals surface area contributed by atoms with E-state index in [-0.39, 0.29) is 36.9 Å². The lowest BCUT2D eigenvalue weighted by Gasteiger charge is -2.12. The number of benzene rings is 2. The minimum absolute atomic E-state index is 0.0202. The van der Waals surface area contributed by atoms with Crippen LogP contribution in [-0.2, 0) is 6.54 Å². The number of rotatable bonds is 12. The molecule has 0 radical (unpaired) electrons. The summed E-state index contributed by atoms with van der Waals surface area (Å²) < 4.78 is 43.1. The van der Waals surface area contributed by atoms with Crippen LogP contribution in [0.3, 0.4) is 0 Å². The van der Waals surface area contributed by atoms with Crippen LogP contribution in [0.15, 0.2) is 54.9 Å². The van der Waals surface area contributed by atoms with Gasteiger partial charge >= 0.3 is 0 Å². The molecule has 42 heavy (non-hydrogen) atoms. The van der Waals surface area contributed by atoms with Gasteiger partial charge in [-0.2, -0.15) is 5.10 Å². The maximum absolute atomic E-state index is 15.1. The van der Waals surface area contributed by atoms with Gasteiger partial charge in [-0.1, -0.05) is 18.2 Å². The number of nitrogens with zero attached hydrogens (tertiary/aromatic N) is 6. The molecule has 1 aliphatic rings. The van der Waals surface area contributed by atoms with Gasteiger partial charge in [0.25, 0.3) is 0 Å². The zero-order chi connectivity index (χ0) is 29.1. The summed E-state index contributed by atoms with van der Waals surface area (Å²) in [6, 6.07) is 11.5. The molecular weight excluding hydrogens is 544 g/mol. The fraction of sp³-hybridized carbons (Fsp3) is 0.300. The Labute approximate surface area is 240 Å². The molecular formula is C30H29F2N7O3. The molecule has 216 valence electrons. The number of aliphatic hydroxyl groups excluding tert-OH is 1. The predicted molar refractivity (Wildman–Crippen MR) is 152 cm³/mol. The molecule has 0 saturated heterocycles. The highest BCUT2D eigenvalue weighted by Gasteiger charge is 2.23. The van der Waals surface area contributed by atoms with Crippen LogP contribution in [0.4, 0.5) is 20.4 Å². The second-order valence-corrected chi connectivity index (χ2v) is 10.1. The van der Waals surface area contributed by atoms with E-state index in [0.29, 0.717) is 58.8 Å². The Morgan fingerprint density at radius 2 is 1.86 bits per heavy atom. The lowest BCUT2D eigenvalue weighted by atomic mass is 10.1. The normalized spacial score (nSPS) is 13.0. The van der Waals surface area contributed by atoms with Gasteiger partial charge in [-0.3, -0.25) is 4.68 Å². The van der Waals surface area contributed by atoms with E-state index in [1.54, 1.807) is 19.2 Å². The Balaban J connectivity index is 1.34. The third-order valence-corrected chi connectivity index (χ3v) is 6.81. The van der Waals surface area contributed by atoms with Gasteiger partial charge < -0.3 is 19.9 Å². The average Bonchev–Trinajstić information content (AvgIpc) is 3.74. The first kappa shape index (κ1) is 27.5. The Hall–Kier alpha value is -4.71. The highest BCUT2D eigenvalue weighted by Crippen LogP contribution is 2.33. The maximum atomic E-state index is 15.1. The second kappa shape index (κ2) is 12.0. The largest absolute Gasteiger partial charge is 0.493 e. The summed E-state index contributed by atoms with van der Waals surface area (Å²) in [4.78, 5) is 17.7. The first-order valence-electron chi connectivity index (χ1n) is 13.7. The van der Waals surface area contributed by atoms with Crippen molar-refractivity contribution in [1.29, 1.82) is 0 Å². The fourth-order valence-corrected chi connectivity index (χ4v) is 4.45. The van der Waals surface area contributed by atoms with Crippen LogP contribution in [0, 0.1) is 24.5 Å². The van der Waals surface area contributed by atoms with Crippen molar-refractivity contribution in [2.45, 2.75) is 32.7 Å². The summed E-state index contributed by atoms with van der Waals surface area (Å²) in [6.07, 6.45) is 5.74. The summed E-state index contributed by atoms with van der Waals surface area (Å²) in [5, 5.41) is 17.7. The van der Waals surface area contributed by atoms with E-state index in [4.69, 9.17) is 24.7 Å². The van der Waals surface area contributed by atoms with Gasteiger partial charge in [0.15, 0.2) is 17.4 Å². The van der Waals surface area contributed by atoms with E-state index in [9.17, 15) is 0 Å². The SMILES string of the molecule is Cc1nccc(Nc2nc(-c3nn(Cc4c(F)cc(OCC5CC5)cc4F)c4ccccc34)ncc2OCCCO)n1. The molecule has 0 unspecified atom stereocenters. The third kappa shape index (κ3) is 6.13. The average molecular weight is 574 g/mol. The summed E-state index contributed by atoms with van der Waals surface area (Å²) in [5.41, 5.74) is 0.969. The van der Waals surface area contributed by atoms with E-state index in [1.165, 1.54) is 23.0 Å². The molecule has 0 spiro atoms. The molecule has 0 bridgehead atoms. The zero-order valence-corrected chi connectivity index (χ0v) is 22.9. The minimum atomic E-state index is -0.700. The van der Waals surface area contributed by atoms with Crippen molar-refractivity contribution >= 4 is 22.5 Å². The number of nitrogens with one attached hydrogen (secondary N) is 1. The molecule has 6 rings (SSSR count). The maximum Gasteiger partial charge on any atom is 0.183 e. The van der Waals surface area contributed by atoms with Gasteiger partial charge in [0.1, 0.15) is 34.7 Å². The summed E-state index contributed by atoms with van der Waals surface area (Å²) >= 11 is 0. The number of halogens is 2. The molecule has 0 amide bonds. The molecule has 2 N–H and O–H groups in total. The second-order valence-electron chi connectivity index (χ2n) is 10.1. The van der Waals surface area contributed by atoms with Gasteiger partial charge in [-0.05, 0) is 37.8 Å². The van der Waals surface area contributed by atoms with Gasteiger partial charge in [-0.15, -0.1) is 0 Å². The molecule has 3 heterocycles. The molecule has 12 heteroatoms. The van der Waals surface area contributed by atoms with Crippen molar-refractivity contribution in [1.82, 2.24) is 29.7 Å². The van der Waals surface area contributed by atoms with Crippen LogP contribution < -0.4 is 14.8 Å². The number of aliphatic hydroxyl groups is 1. The van der Waals surface area contributed by atoms with E-state index in [0.717, 1.165) is 12.8 Å². The Morgan fingerprint density at radius 3 is 2.62 bits per heavy atom. The number of hydrogen-bond donors (Lipinski definition) is 2. The van der Waals surface area contributed by atoms with E-state index >= 15 is 8.78 Å². The minimum Gasteiger partial charge on any atom is -0.493 e. The lowest BCUT2D eigenvalue weighted by Crippen LogP contribution is -2.08. The Kier molecular flexibility index (Phi) is 7.87. The van der Waals surface area contributed by atoms with Crippen molar-refractivity contribution in [2.24, 2.45) is 5.92 Å². The lowest BCUT2D eigenvalue weighted by molar-refractivity contribution is 0.233. The number of para-hydroxylation sites is 1. The Morgan fingerprint density at radius 1 is 1.05 bits per heavy atom. The highest BCUT2D eigenvalue weighted by atomic mass is 19.1. The van der Waals surface area contributed by atoms with Gasteiger partial charge in [0, 0.05) is 42.3 Å². The molecule has 1 aliphatic carbocycles. The molecule has 0 aliphatic heterocycles. The Bertz CT molecular complexity index is 1700. The first-order valence-corrected chi connectivity index (χ1v) is 13.7. The number of aromatic nitrogens is 6. The standard InChI is InChI=1S/C30H29F2N7O3/c1-18-33-10-9-27(35-18)36-29-26(41-12-4-11-40)15-34-30(37-29)28-21-5-2-3-6-25(21)39(38-28)16-22-23(31)13-20(14-24(22)32)42-17-19-7-8-19/h2-3,5-6,9-10,13-15,19,40H,4,7-8,11-12,16-17H2,1H3,(H,33,34,35,36,37). The monoisotopic (exact) mass is 573 g/mol. The molecule has 2 aromatic carbocycles. The first-order chi connectivity index (χ1) is 20.5. The van der Waals surface area contributed by atoms with E-state index in [1.807, 2.05) is 24.3 Å². The van der Waals surface area contributed by atoms with Crippen molar-refractivity contribution in [2.75, 3.05) is 25.1 Å². The van der Waals surface area contributed by atoms with Crippen LogP contribution in [0.1, 0.15) is 30.7 Å². The van der Waals surface area contributed by atoms with Crippen molar-refractivity contribution in [3.63, 3.8) is 0 Å². The smallest absolute Gasteiger partial charge is 0.183 e. The number of hydrogen-bond acceptors (Lipinski definition) is 9. The topological polar surface area (TPSA) is 120 Å².